The van der Waals surface area contributed by atoms with Crippen molar-refractivity contribution >= 4 is 23.8 Å². The Morgan fingerprint density at radius 2 is 2.10 bits per heavy atom. The fraction of sp³-hybridized carbons (Fsp3) is 0.619. The molecule has 8 heteroatoms. The topological polar surface area (TPSA) is 79.5 Å². The van der Waals surface area contributed by atoms with Gasteiger partial charge in [-0.2, -0.15) is 0 Å². The Bertz CT molecular complexity index is 714. The lowest BCUT2D eigenvalue weighted by Crippen LogP contribution is -2.50. The predicted octanol–water partition coefficient (Wildman–Crippen LogP) is 3.16. The average molecular weight is 424 g/mol. The first kappa shape index (κ1) is 22.1. The number of amides is 2. The standard InChI is InChI=1S/C21H30FN3O3S/c1-14(4-2-3-11-23-18-9-10-20(26)24-21(18)27)25-29-16-7-8-17(22)19(12-16)28-13-15-5-6-15/h7-8,12,14-15,18,23,25H,2-6,9-11,13H2,1H3,(H,24,26,27). The van der Waals surface area contributed by atoms with Gasteiger partial charge in [-0.25, -0.2) is 4.39 Å². The molecule has 2 unspecified atom stereocenters. The van der Waals surface area contributed by atoms with E-state index >= 15 is 0 Å². The average Bonchev–Trinajstić information content (AvgIpc) is 3.52. The van der Waals surface area contributed by atoms with Crippen molar-refractivity contribution in [3.05, 3.63) is 24.0 Å². The molecule has 1 aromatic carbocycles. The highest BCUT2D eigenvalue weighted by Gasteiger charge is 2.25. The summed E-state index contributed by atoms with van der Waals surface area (Å²) in [5.41, 5.74) is 0. The van der Waals surface area contributed by atoms with Crippen LogP contribution in [0.2, 0.25) is 0 Å². The van der Waals surface area contributed by atoms with Gasteiger partial charge < -0.3 is 10.1 Å². The molecule has 1 aliphatic heterocycles. The number of unbranched alkanes of at least 4 members (excludes halogenated alkanes) is 1. The number of piperidine rings is 1. The van der Waals surface area contributed by atoms with E-state index in [1.54, 1.807) is 12.1 Å². The van der Waals surface area contributed by atoms with Crippen molar-refractivity contribution < 1.29 is 18.7 Å². The van der Waals surface area contributed by atoms with Crippen molar-refractivity contribution in [2.45, 2.75) is 68.8 Å². The molecule has 2 amide bonds. The van der Waals surface area contributed by atoms with Crippen LogP contribution in [-0.4, -0.2) is 37.0 Å². The number of imide groups is 1. The van der Waals surface area contributed by atoms with Crippen LogP contribution in [0.4, 0.5) is 4.39 Å². The molecule has 2 aliphatic rings. The molecule has 160 valence electrons. The Labute approximate surface area is 175 Å². The maximum atomic E-state index is 13.9. The minimum atomic E-state index is -0.313. The molecule has 29 heavy (non-hydrogen) atoms. The number of halogens is 1. The van der Waals surface area contributed by atoms with Crippen LogP contribution in [0.15, 0.2) is 23.1 Å². The lowest BCUT2D eigenvalue weighted by atomic mass is 10.1. The Balaban J connectivity index is 1.28. The Morgan fingerprint density at radius 3 is 2.86 bits per heavy atom. The zero-order valence-electron chi connectivity index (χ0n) is 16.8. The van der Waals surface area contributed by atoms with Gasteiger partial charge in [-0.15, -0.1) is 0 Å². The molecule has 2 atom stereocenters. The summed E-state index contributed by atoms with van der Waals surface area (Å²) in [7, 11) is 0. The van der Waals surface area contributed by atoms with Gasteiger partial charge in [0.1, 0.15) is 0 Å². The van der Waals surface area contributed by atoms with Gasteiger partial charge in [-0.3, -0.25) is 19.6 Å². The van der Waals surface area contributed by atoms with Crippen molar-refractivity contribution in [3.63, 3.8) is 0 Å². The van der Waals surface area contributed by atoms with Gasteiger partial charge in [0.2, 0.25) is 11.8 Å². The van der Waals surface area contributed by atoms with Crippen LogP contribution >= 0.6 is 11.9 Å². The number of carbonyl (C=O) groups is 2. The molecule has 0 spiro atoms. The number of benzene rings is 1. The quantitative estimate of drug-likeness (QED) is 0.272. The molecule has 3 rings (SSSR count). The third-order valence-electron chi connectivity index (χ3n) is 5.15. The predicted molar refractivity (Wildman–Crippen MR) is 111 cm³/mol. The molecule has 0 bridgehead atoms. The second-order valence-corrected chi connectivity index (χ2v) is 8.83. The summed E-state index contributed by atoms with van der Waals surface area (Å²) in [4.78, 5) is 23.8. The van der Waals surface area contributed by atoms with Crippen molar-refractivity contribution in [2.75, 3.05) is 13.2 Å². The largest absolute Gasteiger partial charge is 0.490 e. The first-order chi connectivity index (χ1) is 14.0. The van der Waals surface area contributed by atoms with E-state index in [1.165, 1.54) is 30.9 Å². The Kier molecular flexibility index (Phi) is 8.32. The van der Waals surface area contributed by atoms with Crippen LogP contribution < -0.4 is 20.1 Å². The normalized spacial score (nSPS) is 20.4. The number of rotatable bonds is 12. The van der Waals surface area contributed by atoms with Crippen molar-refractivity contribution in [1.29, 1.82) is 0 Å². The monoisotopic (exact) mass is 423 g/mol. The summed E-state index contributed by atoms with van der Waals surface area (Å²) in [6.45, 7) is 3.47. The fourth-order valence-electron chi connectivity index (χ4n) is 3.12. The lowest BCUT2D eigenvalue weighted by molar-refractivity contribution is -0.134. The Morgan fingerprint density at radius 1 is 1.28 bits per heavy atom. The summed E-state index contributed by atoms with van der Waals surface area (Å²) in [5, 5.41) is 5.58. The second kappa shape index (κ2) is 10.9. The van der Waals surface area contributed by atoms with E-state index in [0.29, 0.717) is 37.2 Å². The van der Waals surface area contributed by atoms with Gasteiger partial charge in [0.05, 0.1) is 12.6 Å². The van der Waals surface area contributed by atoms with Crippen LogP contribution in [0.5, 0.6) is 5.75 Å². The van der Waals surface area contributed by atoms with E-state index in [9.17, 15) is 14.0 Å². The molecular weight excluding hydrogens is 393 g/mol. The number of hydrogen-bond donors (Lipinski definition) is 3. The SMILES string of the molecule is CC(CCCCNC1CCC(=O)NC1=O)NSc1ccc(F)c(OCC2CC2)c1. The highest BCUT2D eigenvalue weighted by atomic mass is 32.2. The van der Waals surface area contributed by atoms with Gasteiger partial charge in [0.25, 0.3) is 0 Å². The van der Waals surface area contributed by atoms with Gasteiger partial charge in [-0.1, -0.05) is 6.42 Å². The van der Waals surface area contributed by atoms with Crippen molar-refractivity contribution in [3.8, 4) is 5.75 Å². The first-order valence-corrected chi connectivity index (χ1v) is 11.2. The molecule has 0 radical (unpaired) electrons. The maximum absolute atomic E-state index is 13.9. The van der Waals surface area contributed by atoms with E-state index in [2.05, 4.69) is 22.3 Å². The van der Waals surface area contributed by atoms with E-state index in [0.717, 1.165) is 30.7 Å². The smallest absolute Gasteiger partial charge is 0.243 e. The van der Waals surface area contributed by atoms with Gasteiger partial charge in [0, 0.05) is 17.4 Å². The summed E-state index contributed by atoms with van der Waals surface area (Å²) in [5.74, 6) is 0.205. The van der Waals surface area contributed by atoms with Crippen LogP contribution in [0, 0.1) is 11.7 Å². The van der Waals surface area contributed by atoms with E-state index in [4.69, 9.17) is 4.74 Å². The Hall–Kier alpha value is -1.64. The van der Waals surface area contributed by atoms with Crippen LogP contribution in [0.25, 0.3) is 0 Å². The van der Waals surface area contributed by atoms with Gasteiger partial charge in [-0.05, 0) is 81.6 Å². The van der Waals surface area contributed by atoms with E-state index in [1.807, 2.05) is 0 Å². The molecule has 1 saturated carbocycles. The van der Waals surface area contributed by atoms with E-state index < -0.39 is 0 Å². The van der Waals surface area contributed by atoms with Crippen LogP contribution in [0.1, 0.15) is 51.9 Å². The minimum Gasteiger partial charge on any atom is -0.490 e. The minimum absolute atomic E-state index is 0.187. The van der Waals surface area contributed by atoms with Crippen LogP contribution in [-0.2, 0) is 9.59 Å². The zero-order chi connectivity index (χ0) is 20.6. The highest BCUT2D eigenvalue weighted by Crippen LogP contribution is 2.31. The summed E-state index contributed by atoms with van der Waals surface area (Å²) in [6.07, 6.45) is 6.31. The molecule has 1 aliphatic carbocycles. The second-order valence-electron chi connectivity index (χ2n) is 7.92. The summed E-state index contributed by atoms with van der Waals surface area (Å²) in [6, 6.07) is 5.02. The molecule has 1 heterocycles. The van der Waals surface area contributed by atoms with Crippen molar-refractivity contribution in [1.82, 2.24) is 15.4 Å². The molecule has 1 aromatic rings. The molecular formula is C21H30FN3O3S. The van der Waals surface area contributed by atoms with Gasteiger partial charge in [0.15, 0.2) is 11.6 Å². The lowest BCUT2D eigenvalue weighted by Gasteiger charge is -2.22. The molecule has 3 N–H and O–H groups in total. The maximum Gasteiger partial charge on any atom is 0.243 e. The fourth-order valence-corrected chi connectivity index (χ4v) is 3.87. The third-order valence-corrected chi connectivity index (χ3v) is 6.16. The van der Waals surface area contributed by atoms with E-state index in [-0.39, 0.29) is 23.7 Å². The number of nitrogens with one attached hydrogen (secondary N) is 3. The van der Waals surface area contributed by atoms with Crippen molar-refractivity contribution in [2.24, 2.45) is 5.92 Å². The first-order valence-electron chi connectivity index (χ1n) is 10.4. The van der Waals surface area contributed by atoms with Crippen LogP contribution in [0.3, 0.4) is 0 Å². The molecule has 1 saturated heterocycles. The van der Waals surface area contributed by atoms with Gasteiger partial charge >= 0.3 is 0 Å². The summed E-state index contributed by atoms with van der Waals surface area (Å²) < 4.78 is 22.8. The number of hydrogen-bond acceptors (Lipinski definition) is 6. The zero-order valence-corrected chi connectivity index (χ0v) is 17.7. The third kappa shape index (κ3) is 7.60. The molecule has 6 nitrogen and oxygen atoms in total. The molecule has 2 fully saturated rings. The molecule has 0 aromatic heterocycles. The number of carbonyl (C=O) groups excluding carboxylic acids is 2. The number of ether oxygens (including phenoxy) is 1. The highest BCUT2D eigenvalue weighted by molar-refractivity contribution is 7.97. The summed E-state index contributed by atoms with van der Waals surface area (Å²) >= 11 is 1.49.